The number of halogens is 1. The maximum absolute atomic E-state index is 11.7. The van der Waals surface area contributed by atoms with Crippen LogP contribution in [0.5, 0.6) is 0 Å². The van der Waals surface area contributed by atoms with E-state index in [1.165, 1.54) is 16.9 Å². The van der Waals surface area contributed by atoms with Crippen molar-refractivity contribution >= 4 is 43.9 Å². The van der Waals surface area contributed by atoms with Crippen molar-refractivity contribution in [3.63, 3.8) is 0 Å². The Morgan fingerprint density at radius 1 is 1.45 bits per heavy atom. The largest absolute Gasteiger partial charge is 0.397 e. The molecule has 0 aliphatic rings. The predicted molar refractivity (Wildman–Crippen MR) is 88.4 cm³/mol. The average molecular weight is 354 g/mol. The van der Waals surface area contributed by atoms with Crippen LogP contribution >= 0.6 is 27.3 Å². The van der Waals surface area contributed by atoms with Crippen LogP contribution in [-0.2, 0) is 6.54 Å². The maximum Gasteiger partial charge on any atom is 0.263 e. The number of hydrogen-bond acceptors (Lipinski definition) is 4. The number of nitrogens with two attached hydrogens (primary N) is 1. The van der Waals surface area contributed by atoms with Crippen molar-refractivity contribution < 1.29 is 4.79 Å². The normalized spacial score (nSPS) is 10.3. The Bertz CT molecular complexity index is 627. The molecule has 106 valence electrons. The Morgan fingerprint density at radius 3 is 2.85 bits per heavy atom. The number of carbonyl (C=O) groups excluding carboxylic acids is 1. The van der Waals surface area contributed by atoms with Crippen molar-refractivity contribution in [3.05, 3.63) is 45.2 Å². The molecule has 2 aromatic rings. The third-order valence-electron chi connectivity index (χ3n) is 2.87. The van der Waals surface area contributed by atoms with Crippen LogP contribution in [0.15, 0.2) is 34.8 Å². The molecule has 0 aliphatic carbocycles. The van der Waals surface area contributed by atoms with E-state index in [0.717, 1.165) is 16.0 Å². The first-order chi connectivity index (χ1) is 9.51. The second-order valence-corrected chi connectivity index (χ2v) is 6.38. The molecule has 6 heteroatoms. The van der Waals surface area contributed by atoms with Gasteiger partial charge in [0.15, 0.2) is 0 Å². The van der Waals surface area contributed by atoms with E-state index in [2.05, 4.69) is 38.3 Å². The van der Waals surface area contributed by atoms with Crippen molar-refractivity contribution in [1.29, 1.82) is 0 Å². The molecule has 0 saturated carbocycles. The molecule has 1 aromatic carbocycles. The molecule has 0 unspecified atom stereocenters. The first-order valence-corrected chi connectivity index (χ1v) is 7.69. The molecule has 0 atom stereocenters. The number of anilines is 2. The van der Waals surface area contributed by atoms with Gasteiger partial charge in [0, 0.05) is 25.1 Å². The van der Waals surface area contributed by atoms with E-state index in [1.807, 2.05) is 25.2 Å². The standard InChI is InChI=1S/C14H16BrN3OS/c1-17-14(19)13-11(16)7-12(20-13)18(2)8-9-4-3-5-10(15)6-9/h3-7H,8,16H2,1-2H3,(H,17,19). The van der Waals surface area contributed by atoms with Crippen molar-refractivity contribution in [2.75, 3.05) is 24.7 Å². The quantitative estimate of drug-likeness (QED) is 0.887. The molecule has 4 nitrogen and oxygen atoms in total. The van der Waals surface area contributed by atoms with Gasteiger partial charge in [0.25, 0.3) is 5.91 Å². The highest BCUT2D eigenvalue weighted by atomic mass is 79.9. The van der Waals surface area contributed by atoms with E-state index >= 15 is 0 Å². The number of nitrogen functional groups attached to an aromatic ring is 1. The summed E-state index contributed by atoms with van der Waals surface area (Å²) < 4.78 is 1.06. The molecule has 1 amide bonds. The fourth-order valence-corrected chi connectivity index (χ4v) is 3.29. The van der Waals surface area contributed by atoms with E-state index in [-0.39, 0.29) is 5.91 Å². The lowest BCUT2D eigenvalue weighted by Gasteiger charge is -2.17. The van der Waals surface area contributed by atoms with Crippen LogP contribution in [-0.4, -0.2) is 20.0 Å². The van der Waals surface area contributed by atoms with Crippen LogP contribution in [0, 0.1) is 0 Å². The highest BCUT2D eigenvalue weighted by molar-refractivity contribution is 9.10. The fourth-order valence-electron chi connectivity index (χ4n) is 1.86. The minimum absolute atomic E-state index is 0.144. The van der Waals surface area contributed by atoms with E-state index in [9.17, 15) is 4.79 Å². The van der Waals surface area contributed by atoms with Crippen LogP contribution in [0.3, 0.4) is 0 Å². The molecule has 0 aliphatic heterocycles. The minimum atomic E-state index is -0.144. The maximum atomic E-state index is 11.7. The second kappa shape index (κ2) is 6.28. The predicted octanol–water partition coefficient (Wildman–Crippen LogP) is 3.09. The van der Waals surface area contributed by atoms with E-state index < -0.39 is 0 Å². The molecule has 0 spiro atoms. The lowest BCUT2D eigenvalue weighted by molar-refractivity contribution is 0.0968. The Balaban J connectivity index is 2.17. The second-order valence-electron chi connectivity index (χ2n) is 4.43. The first kappa shape index (κ1) is 14.9. The number of hydrogen-bond donors (Lipinski definition) is 2. The third-order valence-corrected chi connectivity index (χ3v) is 4.62. The summed E-state index contributed by atoms with van der Waals surface area (Å²) in [7, 11) is 3.59. The highest BCUT2D eigenvalue weighted by Crippen LogP contribution is 2.32. The summed E-state index contributed by atoms with van der Waals surface area (Å²) in [5.74, 6) is -0.144. The zero-order valence-corrected chi connectivity index (χ0v) is 13.7. The number of carbonyl (C=O) groups is 1. The molecule has 1 aromatic heterocycles. The van der Waals surface area contributed by atoms with Gasteiger partial charge in [0.2, 0.25) is 0 Å². The summed E-state index contributed by atoms with van der Waals surface area (Å²) in [5, 5.41) is 3.57. The number of thiophene rings is 1. The Labute approximate surface area is 130 Å². The van der Waals surface area contributed by atoms with Crippen LogP contribution in [0.2, 0.25) is 0 Å². The summed E-state index contributed by atoms with van der Waals surface area (Å²) in [5.41, 5.74) is 7.60. The highest BCUT2D eigenvalue weighted by Gasteiger charge is 2.15. The molecule has 3 N–H and O–H groups in total. The summed E-state index contributed by atoms with van der Waals surface area (Å²) in [6, 6.07) is 9.99. The summed E-state index contributed by atoms with van der Waals surface area (Å²) in [6.07, 6.45) is 0. The lowest BCUT2D eigenvalue weighted by Crippen LogP contribution is -2.17. The third kappa shape index (κ3) is 3.32. The summed E-state index contributed by atoms with van der Waals surface area (Å²) >= 11 is 4.86. The van der Waals surface area contributed by atoms with Gasteiger partial charge in [-0.2, -0.15) is 0 Å². The molecule has 0 saturated heterocycles. The molecule has 20 heavy (non-hydrogen) atoms. The van der Waals surface area contributed by atoms with Crippen molar-refractivity contribution in [2.45, 2.75) is 6.54 Å². The zero-order chi connectivity index (χ0) is 14.7. The molecule has 1 heterocycles. The number of nitrogens with one attached hydrogen (secondary N) is 1. The van der Waals surface area contributed by atoms with Gasteiger partial charge in [-0.3, -0.25) is 4.79 Å². The smallest absolute Gasteiger partial charge is 0.263 e. The van der Waals surface area contributed by atoms with Gasteiger partial charge in [0.1, 0.15) is 4.88 Å². The van der Waals surface area contributed by atoms with Gasteiger partial charge in [-0.15, -0.1) is 11.3 Å². The van der Waals surface area contributed by atoms with Crippen molar-refractivity contribution in [3.8, 4) is 0 Å². The molecular formula is C14H16BrN3OS. The summed E-state index contributed by atoms with van der Waals surface area (Å²) in [4.78, 5) is 14.3. The first-order valence-electron chi connectivity index (χ1n) is 6.08. The number of benzene rings is 1. The molecule has 0 radical (unpaired) electrons. The molecule has 0 fully saturated rings. The van der Waals surface area contributed by atoms with Gasteiger partial charge in [0.05, 0.1) is 10.7 Å². The van der Waals surface area contributed by atoms with Gasteiger partial charge in [-0.05, 0) is 23.8 Å². The Hall–Kier alpha value is -1.53. The van der Waals surface area contributed by atoms with E-state index in [4.69, 9.17) is 5.73 Å². The fraction of sp³-hybridized carbons (Fsp3) is 0.214. The lowest BCUT2D eigenvalue weighted by atomic mass is 10.2. The topological polar surface area (TPSA) is 58.4 Å². The van der Waals surface area contributed by atoms with Crippen LogP contribution in [0.1, 0.15) is 15.2 Å². The Morgan fingerprint density at radius 2 is 2.20 bits per heavy atom. The minimum Gasteiger partial charge on any atom is -0.397 e. The van der Waals surface area contributed by atoms with Gasteiger partial charge < -0.3 is 16.0 Å². The summed E-state index contributed by atoms with van der Waals surface area (Å²) in [6.45, 7) is 0.757. The van der Waals surface area contributed by atoms with Crippen molar-refractivity contribution in [2.24, 2.45) is 0 Å². The van der Waals surface area contributed by atoms with E-state index in [1.54, 1.807) is 7.05 Å². The number of amides is 1. The van der Waals surface area contributed by atoms with Gasteiger partial charge >= 0.3 is 0 Å². The van der Waals surface area contributed by atoms with Crippen LogP contribution < -0.4 is 16.0 Å². The van der Waals surface area contributed by atoms with Gasteiger partial charge in [-0.1, -0.05) is 28.1 Å². The Kier molecular flexibility index (Phi) is 4.67. The van der Waals surface area contributed by atoms with E-state index in [0.29, 0.717) is 10.6 Å². The molecule has 2 rings (SSSR count). The van der Waals surface area contributed by atoms with Crippen LogP contribution in [0.25, 0.3) is 0 Å². The number of rotatable bonds is 4. The van der Waals surface area contributed by atoms with Crippen molar-refractivity contribution in [1.82, 2.24) is 5.32 Å². The molecule has 0 bridgehead atoms. The zero-order valence-electron chi connectivity index (χ0n) is 11.3. The SMILES string of the molecule is CNC(=O)c1sc(N(C)Cc2cccc(Br)c2)cc1N. The van der Waals surface area contributed by atoms with Crippen LogP contribution in [0.4, 0.5) is 10.7 Å². The number of nitrogens with zero attached hydrogens (tertiary/aromatic N) is 1. The monoisotopic (exact) mass is 353 g/mol. The average Bonchev–Trinajstić information content (AvgIpc) is 2.80. The van der Waals surface area contributed by atoms with Gasteiger partial charge in [-0.25, -0.2) is 0 Å². The molecular weight excluding hydrogens is 338 g/mol.